The molecule has 2 saturated heterocycles. The van der Waals surface area contributed by atoms with Crippen LogP contribution in [0.5, 0.6) is 0 Å². The van der Waals surface area contributed by atoms with E-state index in [9.17, 15) is 0 Å². The van der Waals surface area contributed by atoms with Crippen LogP contribution in [-0.2, 0) is 4.74 Å². The van der Waals surface area contributed by atoms with Crippen molar-refractivity contribution in [2.75, 3.05) is 13.6 Å². The zero-order valence-corrected chi connectivity index (χ0v) is 9.62. The van der Waals surface area contributed by atoms with E-state index in [0.717, 1.165) is 25.3 Å². The van der Waals surface area contributed by atoms with Crippen LogP contribution in [0.2, 0.25) is 0 Å². The fourth-order valence-electron chi connectivity index (χ4n) is 2.40. The summed E-state index contributed by atoms with van der Waals surface area (Å²) in [6.45, 7) is 3.13. The van der Waals surface area contributed by atoms with Crippen molar-refractivity contribution in [2.24, 2.45) is 4.99 Å². The van der Waals surface area contributed by atoms with Crippen LogP contribution >= 0.6 is 0 Å². The van der Waals surface area contributed by atoms with Gasteiger partial charge in [-0.1, -0.05) is 6.92 Å². The Morgan fingerprint density at radius 3 is 2.87 bits per heavy atom. The second-order valence-corrected chi connectivity index (χ2v) is 4.36. The van der Waals surface area contributed by atoms with Crippen LogP contribution in [0, 0.1) is 0 Å². The van der Waals surface area contributed by atoms with Crippen molar-refractivity contribution in [3.05, 3.63) is 0 Å². The summed E-state index contributed by atoms with van der Waals surface area (Å²) < 4.78 is 5.79. The highest BCUT2D eigenvalue weighted by Gasteiger charge is 2.40. The first-order chi connectivity index (χ1) is 7.33. The smallest absolute Gasteiger partial charge is 0.191 e. The first kappa shape index (κ1) is 10.7. The minimum Gasteiger partial charge on any atom is -0.373 e. The number of nitrogens with zero attached hydrogens (tertiary/aromatic N) is 1. The third-order valence-electron chi connectivity index (χ3n) is 3.19. The average molecular weight is 211 g/mol. The van der Waals surface area contributed by atoms with Crippen LogP contribution in [0.4, 0.5) is 0 Å². The molecule has 3 atom stereocenters. The van der Waals surface area contributed by atoms with Crippen molar-refractivity contribution in [1.29, 1.82) is 0 Å². The second kappa shape index (κ2) is 4.84. The summed E-state index contributed by atoms with van der Waals surface area (Å²) in [5.74, 6) is 0.915. The second-order valence-electron chi connectivity index (χ2n) is 4.36. The lowest BCUT2D eigenvalue weighted by atomic mass is 9.96. The SMILES string of the molecule is CCCNC(=NC)NC1CC2CCC1O2. The molecule has 2 heterocycles. The van der Waals surface area contributed by atoms with Gasteiger partial charge in [-0.3, -0.25) is 4.99 Å². The number of hydrogen-bond acceptors (Lipinski definition) is 2. The van der Waals surface area contributed by atoms with Gasteiger partial charge in [-0.25, -0.2) is 0 Å². The first-order valence-electron chi connectivity index (χ1n) is 5.96. The van der Waals surface area contributed by atoms with Gasteiger partial charge in [0.1, 0.15) is 0 Å². The Labute approximate surface area is 91.5 Å². The lowest BCUT2D eigenvalue weighted by Crippen LogP contribution is -2.47. The van der Waals surface area contributed by atoms with E-state index >= 15 is 0 Å². The highest BCUT2D eigenvalue weighted by Crippen LogP contribution is 2.34. The minimum absolute atomic E-state index is 0.412. The summed E-state index contributed by atoms with van der Waals surface area (Å²) in [6.07, 6.45) is 5.61. The lowest BCUT2D eigenvalue weighted by molar-refractivity contribution is 0.0992. The van der Waals surface area contributed by atoms with Crippen LogP contribution in [0.25, 0.3) is 0 Å². The fraction of sp³-hybridized carbons (Fsp3) is 0.909. The van der Waals surface area contributed by atoms with Gasteiger partial charge in [0.05, 0.1) is 18.2 Å². The van der Waals surface area contributed by atoms with Gasteiger partial charge in [-0.2, -0.15) is 0 Å². The summed E-state index contributed by atoms with van der Waals surface area (Å²) in [5, 5.41) is 6.73. The van der Waals surface area contributed by atoms with Crippen LogP contribution in [0.3, 0.4) is 0 Å². The molecular formula is C11H21N3O. The van der Waals surface area contributed by atoms with Gasteiger partial charge < -0.3 is 15.4 Å². The maximum Gasteiger partial charge on any atom is 0.191 e. The number of nitrogens with one attached hydrogen (secondary N) is 2. The third kappa shape index (κ3) is 2.43. The van der Waals surface area contributed by atoms with Crippen LogP contribution in [-0.4, -0.2) is 37.8 Å². The third-order valence-corrected chi connectivity index (χ3v) is 3.19. The number of rotatable bonds is 3. The molecule has 2 N–H and O–H groups in total. The van der Waals surface area contributed by atoms with Crippen LogP contribution < -0.4 is 10.6 Å². The number of fused-ring (bicyclic) bond motifs is 2. The van der Waals surface area contributed by atoms with Gasteiger partial charge in [0.25, 0.3) is 0 Å². The van der Waals surface area contributed by atoms with E-state index in [0.29, 0.717) is 18.2 Å². The number of hydrogen-bond donors (Lipinski definition) is 2. The highest BCUT2D eigenvalue weighted by atomic mass is 16.5. The Hall–Kier alpha value is -0.770. The van der Waals surface area contributed by atoms with E-state index in [2.05, 4.69) is 22.5 Å². The molecule has 3 unspecified atom stereocenters. The van der Waals surface area contributed by atoms with Gasteiger partial charge in [0.2, 0.25) is 0 Å². The maximum atomic E-state index is 5.79. The molecule has 2 bridgehead atoms. The van der Waals surface area contributed by atoms with E-state index in [1.54, 1.807) is 0 Å². The predicted molar refractivity (Wildman–Crippen MR) is 61.1 cm³/mol. The highest BCUT2D eigenvalue weighted by molar-refractivity contribution is 5.80. The molecule has 2 aliphatic heterocycles. The molecular weight excluding hydrogens is 190 g/mol. The largest absolute Gasteiger partial charge is 0.373 e. The van der Waals surface area contributed by atoms with Crippen LogP contribution in [0.1, 0.15) is 32.6 Å². The predicted octanol–water partition coefficient (Wildman–Crippen LogP) is 0.881. The van der Waals surface area contributed by atoms with E-state index in [4.69, 9.17) is 4.74 Å². The molecule has 2 rings (SSSR count). The molecule has 0 aromatic heterocycles. The summed E-state index contributed by atoms with van der Waals surface area (Å²) in [4.78, 5) is 4.21. The number of ether oxygens (including phenoxy) is 1. The molecule has 0 aromatic rings. The van der Waals surface area contributed by atoms with Gasteiger partial charge in [0.15, 0.2) is 5.96 Å². The van der Waals surface area contributed by atoms with Crippen molar-refractivity contribution < 1.29 is 4.74 Å². The van der Waals surface area contributed by atoms with E-state index < -0.39 is 0 Å². The quantitative estimate of drug-likeness (QED) is 0.538. The number of guanidine groups is 1. The van der Waals surface area contributed by atoms with Gasteiger partial charge in [-0.05, 0) is 25.7 Å². The van der Waals surface area contributed by atoms with Gasteiger partial charge >= 0.3 is 0 Å². The first-order valence-corrected chi connectivity index (χ1v) is 5.96. The summed E-state index contributed by atoms with van der Waals surface area (Å²) in [7, 11) is 1.82. The summed E-state index contributed by atoms with van der Waals surface area (Å²) in [6, 6.07) is 0.465. The molecule has 2 aliphatic rings. The molecule has 0 radical (unpaired) electrons. The van der Waals surface area contributed by atoms with Crippen molar-refractivity contribution in [3.63, 3.8) is 0 Å². The molecule has 0 aliphatic carbocycles. The molecule has 2 fully saturated rings. The Morgan fingerprint density at radius 2 is 2.33 bits per heavy atom. The van der Waals surface area contributed by atoms with Crippen molar-refractivity contribution in [3.8, 4) is 0 Å². The normalized spacial score (nSPS) is 34.5. The minimum atomic E-state index is 0.412. The van der Waals surface area contributed by atoms with Crippen molar-refractivity contribution in [1.82, 2.24) is 10.6 Å². The van der Waals surface area contributed by atoms with E-state index in [1.807, 2.05) is 7.05 Å². The Morgan fingerprint density at radius 1 is 1.47 bits per heavy atom. The molecule has 0 aromatic carbocycles. The van der Waals surface area contributed by atoms with E-state index in [1.165, 1.54) is 12.8 Å². The summed E-state index contributed by atoms with van der Waals surface area (Å²) in [5.41, 5.74) is 0. The molecule has 86 valence electrons. The summed E-state index contributed by atoms with van der Waals surface area (Å²) >= 11 is 0. The average Bonchev–Trinajstić information content (AvgIpc) is 2.85. The van der Waals surface area contributed by atoms with Gasteiger partial charge in [0, 0.05) is 13.6 Å². The maximum absolute atomic E-state index is 5.79. The molecule has 4 heteroatoms. The van der Waals surface area contributed by atoms with Crippen LogP contribution in [0.15, 0.2) is 4.99 Å². The number of aliphatic imine (C=N–C) groups is 1. The standard InChI is InChI=1S/C11H21N3O/c1-3-6-13-11(12-2)14-9-7-8-4-5-10(9)15-8/h8-10H,3-7H2,1-2H3,(H2,12,13,14). The fourth-order valence-corrected chi connectivity index (χ4v) is 2.40. The van der Waals surface area contributed by atoms with E-state index in [-0.39, 0.29) is 0 Å². The molecule has 4 nitrogen and oxygen atoms in total. The molecule has 0 amide bonds. The van der Waals surface area contributed by atoms with Crippen molar-refractivity contribution >= 4 is 5.96 Å². The van der Waals surface area contributed by atoms with Gasteiger partial charge in [-0.15, -0.1) is 0 Å². The zero-order valence-electron chi connectivity index (χ0n) is 9.62. The van der Waals surface area contributed by atoms with Crippen molar-refractivity contribution in [2.45, 2.75) is 50.9 Å². The lowest BCUT2D eigenvalue weighted by Gasteiger charge is -2.22. The molecule has 0 spiro atoms. The molecule has 0 saturated carbocycles. The Bertz CT molecular complexity index is 242. The Balaban J connectivity index is 1.80. The Kier molecular flexibility index (Phi) is 3.46. The molecule has 15 heavy (non-hydrogen) atoms. The monoisotopic (exact) mass is 211 g/mol. The zero-order chi connectivity index (χ0) is 10.7. The topological polar surface area (TPSA) is 45.7 Å².